The third kappa shape index (κ3) is 2.89. The number of rotatable bonds is 4. The normalized spacial score (nSPS) is 17.4. The number of anilines is 1. The van der Waals surface area contributed by atoms with Gasteiger partial charge in [-0.25, -0.2) is 4.98 Å². The fourth-order valence-corrected chi connectivity index (χ4v) is 2.79. The molecule has 0 aliphatic carbocycles. The summed E-state index contributed by atoms with van der Waals surface area (Å²) in [4.78, 5) is 4.64. The van der Waals surface area contributed by atoms with Crippen molar-refractivity contribution in [1.82, 2.24) is 9.55 Å². The zero-order chi connectivity index (χ0) is 14.8. The van der Waals surface area contributed by atoms with E-state index >= 15 is 0 Å². The fraction of sp³-hybridized carbons (Fsp3) is 0.471. The van der Waals surface area contributed by atoms with Crippen molar-refractivity contribution in [3.05, 3.63) is 41.7 Å². The van der Waals surface area contributed by atoms with Crippen molar-refractivity contribution in [3.63, 3.8) is 0 Å². The molecule has 0 spiro atoms. The predicted octanol–water partition coefficient (Wildman–Crippen LogP) is 3.63. The van der Waals surface area contributed by atoms with Gasteiger partial charge in [-0.15, -0.1) is 0 Å². The van der Waals surface area contributed by atoms with Gasteiger partial charge < -0.3 is 14.6 Å². The molecule has 0 saturated heterocycles. The molecular weight excluding hydrogens is 262 g/mol. The fourth-order valence-electron chi connectivity index (χ4n) is 2.79. The smallest absolute Gasteiger partial charge is 0.203 e. The lowest BCUT2D eigenvalue weighted by Crippen LogP contribution is -2.22. The van der Waals surface area contributed by atoms with Crippen molar-refractivity contribution in [3.8, 4) is 5.75 Å². The van der Waals surface area contributed by atoms with E-state index in [1.54, 1.807) is 0 Å². The zero-order valence-electron chi connectivity index (χ0n) is 13.0. The molecule has 21 heavy (non-hydrogen) atoms. The quantitative estimate of drug-likeness (QED) is 0.932. The van der Waals surface area contributed by atoms with Crippen LogP contribution in [0.3, 0.4) is 0 Å². The van der Waals surface area contributed by atoms with E-state index in [0.717, 1.165) is 37.0 Å². The van der Waals surface area contributed by atoms with Crippen molar-refractivity contribution in [2.75, 3.05) is 18.5 Å². The molecule has 4 nitrogen and oxygen atoms in total. The monoisotopic (exact) mass is 285 g/mol. The van der Waals surface area contributed by atoms with E-state index < -0.39 is 0 Å². The molecule has 1 aliphatic heterocycles. The molecule has 2 aromatic rings. The number of benzene rings is 1. The highest BCUT2D eigenvalue weighted by atomic mass is 16.5. The van der Waals surface area contributed by atoms with Crippen LogP contribution in [0.25, 0.3) is 0 Å². The molecule has 1 aliphatic rings. The first-order chi connectivity index (χ1) is 10.1. The number of aromatic nitrogens is 2. The molecule has 0 radical (unpaired) electrons. The van der Waals surface area contributed by atoms with Gasteiger partial charge in [0.25, 0.3) is 0 Å². The Labute approximate surface area is 126 Å². The van der Waals surface area contributed by atoms with Crippen LogP contribution in [0.5, 0.6) is 5.75 Å². The first-order valence-electron chi connectivity index (χ1n) is 7.66. The van der Waals surface area contributed by atoms with Crippen LogP contribution in [0, 0.1) is 12.8 Å². The summed E-state index contributed by atoms with van der Waals surface area (Å²) in [6, 6.07) is 8.60. The van der Waals surface area contributed by atoms with Crippen molar-refractivity contribution in [2.45, 2.75) is 33.2 Å². The molecule has 2 heterocycles. The van der Waals surface area contributed by atoms with Gasteiger partial charge in [-0.05, 0) is 18.9 Å². The van der Waals surface area contributed by atoms with Crippen molar-refractivity contribution in [2.24, 2.45) is 5.92 Å². The largest absolute Gasteiger partial charge is 0.493 e. The van der Waals surface area contributed by atoms with Gasteiger partial charge in [-0.2, -0.15) is 0 Å². The maximum Gasteiger partial charge on any atom is 0.203 e. The van der Waals surface area contributed by atoms with Crippen LogP contribution in [0.2, 0.25) is 0 Å². The summed E-state index contributed by atoms with van der Waals surface area (Å²) in [5, 5.41) is 3.47. The first-order valence-corrected chi connectivity index (χ1v) is 7.66. The van der Waals surface area contributed by atoms with Gasteiger partial charge in [0.15, 0.2) is 0 Å². The molecule has 1 aromatic heterocycles. The Balaban J connectivity index is 1.94. The van der Waals surface area contributed by atoms with Crippen molar-refractivity contribution >= 4 is 5.95 Å². The number of hydrogen-bond donors (Lipinski definition) is 1. The molecular formula is C17H23N3O. The summed E-state index contributed by atoms with van der Waals surface area (Å²) in [5.41, 5.74) is 2.29. The van der Waals surface area contributed by atoms with E-state index in [2.05, 4.69) is 47.0 Å². The van der Waals surface area contributed by atoms with E-state index in [1.807, 2.05) is 19.1 Å². The van der Waals surface area contributed by atoms with Gasteiger partial charge >= 0.3 is 0 Å². The maximum atomic E-state index is 5.77. The Morgan fingerprint density at radius 3 is 3.00 bits per heavy atom. The molecule has 0 saturated carbocycles. The Morgan fingerprint density at radius 1 is 1.38 bits per heavy atom. The number of ether oxygens (including phenoxy) is 1. The lowest BCUT2D eigenvalue weighted by molar-refractivity contribution is 0.257. The van der Waals surface area contributed by atoms with Gasteiger partial charge in [0, 0.05) is 24.7 Å². The second-order valence-electron chi connectivity index (χ2n) is 6.08. The highest BCUT2D eigenvalue weighted by molar-refractivity contribution is 5.41. The second kappa shape index (κ2) is 5.80. The number of hydrogen-bond acceptors (Lipinski definition) is 3. The van der Waals surface area contributed by atoms with Gasteiger partial charge in [0.1, 0.15) is 5.75 Å². The van der Waals surface area contributed by atoms with E-state index in [1.165, 1.54) is 5.56 Å². The Morgan fingerprint density at radius 2 is 2.19 bits per heavy atom. The van der Waals surface area contributed by atoms with Gasteiger partial charge in [-0.1, -0.05) is 32.0 Å². The summed E-state index contributed by atoms with van der Waals surface area (Å²) in [5.74, 6) is 2.55. The topological polar surface area (TPSA) is 39.1 Å². The molecule has 3 rings (SSSR count). The number of nitrogens with one attached hydrogen (secondary N) is 1. The van der Waals surface area contributed by atoms with Crippen LogP contribution in [-0.2, 0) is 0 Å². The number of aryl methyl sites for hydroxylation is 1. The minimum atomic E-state index is 0.297. The molecule has 1 aromatic carbocycles. The van der Waals surface area contributed by atoms with E-state index in [0.29, 0.717) is 12.0 Å². The minimum Gasteiger partial charge on any atom is -0.493 e. The average molecular weight is 285 g/mol. The molecule has 1 unspecified atom stereocenters. The van der Waals surface area contributed by atoms with Gasteiger partial charge in [0.2, 0.25) is 5.95 Å². The van der Waals surface area contributed by atoms with Crippen molar-refractivity contribution < 1.29 is 4.74 Å². The van der Waals surface area contributed by atoms with E-state index in [9.17, 15) is 0 Å². The number of nitrogens with zero attached hydrogens (tertiary/aromatic N) is 2. The van der Waals surface area contributed by atoms with Crippen LogP contribution < -0.4 is 10.1 Å². The Hall–Kier alpha value is -1.97. The van der Waals surface area contributed by atoms with Crippen LogP contribution in [0.1, 0.15) is 37.6 Å². The number of fused-ring (bicyclic) bond motifs is 1. The summed E-state index contributed by atoms with van der Waals surface area (Å²) < 4.78 is 8.03. The zero-order valence-corrected chi connectivity index (χ0v) is 13.0. The first kappa shape index (κ1) is 14.0. The molecule has 1 atom stereocenters. The van der Waals surface area contributed by atoms with E-state index in [4.69, 9.17) is 4.74 Å². The molecule has 4 heteroatoms. The lowest BCUT2D eigenvalue weighted by Gasteiger charge is -2.28. The van der Waals surface area contributed by atoms with Gasteiger partial charge in [-0.3, -0.25) is 0 Å². The third-order valence-corrected chi connectivity index (χ3v) is 3.78. The maximum absolute atomic E-state index is 5.77. The standard InChI is InChI=1S/C17H23N3O/c1-12(2)10-18-17-19-13(3)11-20(17)15-8-9-21-16-7-5-4-6-14(15)16/h4-7,11-12,15H,8-10H2,1-3H3,(H,18,19). The molecule has 112 valence electrons. The number of para-hydroxylation sites is 1. The van der Waals surface area contributed by atoms with Crippen molar-refractivity contribution in [1.29, 1.82) is 0 Å². The van der Waals surface area contributed by atoms with Crippen LogP contribution >= 0.6 is 0 Å². The third-order valence-electron chi connectivity index (χ3n) is 3.78. The van der Waals surface area contributed by atoms with E-state index in [-0.39, 0.29) is 0 Å². The predicted molar refractivity (Wildman–Crippen MR) is 85.0 cm³/mol. The second-order valence-corrected chi connectivity index (χ2v) is 6.08. The molecule has 0 amide bonds. The highest BCUT2D eigenvalue weighted by Crippen LogP contribution is 2.36. The van der Waals surface area contributed by atoms with Crippen LogP contribution in [-0.4, -0.2) is 22.7 Å². The van der Waals surface area contributed by atoms with Crippen LogP contribution in [0.4, 0.5) is 5.95 Å². The Bertz CT molecular complexity index is 618. The average Bonchev–Trinajstić information content (AvgIpc) is 2.85. The minimum absolute atomic E-state index is 0.297. The van der Waals surface area contributed by atoms with Gasteiger partial charge in [0.05, 0.1) is 18.3 Å². The molecule has 0 fully saturated rings. The summed E-state index contributed by atoms with van der Waals surface area (Å²) in [6.45, 7) is 8.14. The SMILES string of the molecule is Cc1cn(C2CCOc3ccccc32)c(NCC(C)C)n1. The molecule has 1 N–H and O–H groups in total. The summed E-state index contributed by atoms with van der Waals surface area (Å²) in [7, 11) is 0. The number of imidazole rings is 1. The molecule has 0 bridgehead atoms. The van der Waals surface area contributed by atoms with Crippen LogP contribution in [0.15, 0.2) is 30.5 Å². The summed E-state index contributed by atoms with van der Waals surface area (Å²) >= 11 is 0. The lowest BCUT2D eigenvalue weighted by atomic mass is 10.0. The highest BCUT2D eigenvalue weighted by Gasteiger charge is 2.24. The Kier molecular flexibility index (Phi) is 3.86. The summed E-state index contributed by atoms with van der Waals surface area (Å²) in [6.07, 6.45) is 3.11.